The summed E-state index contributed by atoms with van der Waals surface area (Å²) in [7, 11) is 0. The van der Waals surface area contributed by atoms with Crippen LogP contribution in [-0.2, 0) is 4.79 Å². The normalized spacial score (nSPS) is 14.4. The van der Waals surface area contributed by atoms with E-state index in [-0.39, 0.29) is 34.7 Å². The summed E-state index contributed by atoms with van der Waals surface area (Å²) >= 11 is 1.24. The highest BCUT2D eigenvalue weighted by atomic mass is 32.2. The fourth-order valence-corrected chi connectivity index (χ4v) is 5.16. The molecule has 4 aromatic rings. The molecule has 5 rings (SSSR count). The molecule has 0 spiro atoms. The summed E-state index contributed by atoms with van der Waals surface area (Å²) in [6.07, 6.45) is 3.93. The first-order valence-electron chi connectivity index (χ1n) is 10.6. The van der Waals surface area contributed by atoms with Crippen molar-refractivity contribution in [2.75, 3.05) is 11.1 Å². The average Bonchev–Trinajstić information content (AvgIpc) is 3.43. The number of benzene rings is 2. The average molecular weight is 452 g/mol. The maximum Gasteiger partial charge on any atom is 0.298 e. The van der Waals surface area contributed by atoms with Gasteiger partial charge in [0, 0.05) is 17.1 Å². The Morgan fingerprint density at radius 3 is 2.81 bits per heavy atom. The van der Waals surface area contributed by atoms with Crippen LogP contribution in [0.4, 0.5) is 10.1 Å². The molecule has 1 fully saturated rings. The van der Waals surface area contributed by atoms with Gasteiger partial charge < -0.3 is 9.73 Å². The molecule has 8 heteroatoms. The standard InChI is InChI=1S/C24H22FN3O3S/c1-14-12-15(25)10-11-18(14)26-20(29)13-32-24-27-21-17-8-4-5-9-19(17)31-22(21)23(30)28(24)16-6-2-3-7-16/h4-5,8-12,16H,2-3,6-7,13H2,1H3,(H,26,29). The maximum atomic E-state index is 13.4. The Morgan fingerprint density at radius 2 is 2.03 bits per heavy atom. The van der Waals surface area contributed by atoms with Crippen LogP contribution >= 0.6 is 11.8 Å². The molecule has 2 aromatic heterocycles. The summed E-state index contributed by atoms with van der Waals surface area (Å²) in [5.74, 6) is -0.508. The number of fused-ring (bicyclic) bond motifs is 3. The first-order valence-corrected chi connectivity index (χ1v) is 11.6. The molecule has 164 valence electrons. The summed E-state index contributed by atoms with van der Waals surface area (Å²) in [5.41, 5.74) is 2.42. The molecule has 6 nitrogen and oxygen atoms in total. The van der Waals surface area contributed by atoms with Gasteiger partial charge >= 0.3 is 0 Å². The lowest BCUT2D eigenvalue weighted by atomic mass is 10.2. The SMILES string of the molecule is Cc1cc(F)ccc1NC(=O)CSc1nc2c(oc3ccccc32)c(=O)n1C1CCCC1. The Labute approximate surface area is 187 Å². The van der Waals surface area contributed by atoms with Gasteiger partial charge in [0.05, 0.1) is 5.75 Å². The Bertz CT molecular complexity index is 1390. The highest BCUT2D eigenvalue weighted by Gasteiger charge is 2.25. The monoisotopic (exact) mass is 451 g/mol. The van der Waals surface area contributed by atoms with Crippen LogP contribution in [0.25, 0.3) is 22.1 Å². The van der Waals surface area contributed by atoms with Crippen LogP contribution in [0.2, 0.25) is 0 Å². The number of furan rings is 1. The molecule has 1 saturated carbocycles. The number of carbonyl (C=O) groups excluding carboxylic acids is 1. The van der Waals surface area contributed by atoms with Gasteiger partial charge in [-0.3, -0.25) is 14.2 Å². The third-order valence-electron chi connectivity index (χ3n) is 5.88. The van der Waals surface area contributed by atoms with Crippen LogP contribution in [0.15, 0.2) is 56.8 Å². The number of anilines is 1. The van der Waals surface area contributed by atoms with E-state index in [1.54, 1.807) is 17.6 Å². The Hall–Kier alpha value is -3.13. The van der Waals surface area contributed by atoms with Crippen molar-refractivity contribution in [3.8, 4) is 0 Å². The van der Waals surface area contributed by atoms with E-state index in [4.69, 9.17) is 9.40 Å². The van der Waals surface area contributed by atoms with E-state index in [0.717, 1.165) is 31.1 Å². The lowest BCUT2D eigenvalue weighted by Gasteiger charge is -2.17. The van der Waals surface area contributed by atoms with Crippen molar-refractivity contribution < 1.29 is 13.6 Å². The van der Waals surface area contributed by atoms with Gasteiger partial charge in [0.25, 0.3) is 5.56 Å². The highest BCUT2D eigenvalue weighted by molar-refractivity contribution is 7.99. The second kappa shape index (κ2) is 8.43. The largest absolute Gasteiger partial charge is 0.448 e. The number of rotatable bonds is 5. The fraction of sp³-hybridized carbons (Fsp3) is 0.292. The molecule has 0 aliphatic heterocycles. The molecule has 0 unspecified atom stereocenters. The summed E-state index contributed by atoms with van der Waals surface area (Å²) < 4.78 is 20.9. The Balaban J connectivity index is 1.48. The summed E-state index contributed by atoms with van der Waals surface area (Å²) in [5, 5.41) is 4.12. The topological polar surface area (TPSA) is 77.1 Å². The van der Waals surface area contributed by atoms with Crippen LogP contribution in [0.1, 0.15) is 37.3 Å². The number of carbonyl (C=O) groups is 1. The molecule has 32 heavy (non-hydrogen) atoms. The van der Waals surface area contributed by atoms with Crippen molar-refractivity contribution in [2.24, 2.45) is 0 Å². The zero-order chi connectivity index (χ0) is 22.2. The molecule has 0 radical (unpaired) electrons. The van der Waals surface area contributed by atoms with Gasteiger partial charge in [-0.25, -0.2) is 9.37 Å². The molecular weight excluding hydrogens is 429 g/mol. The summed E-state index contributed by atoms with van der Waals surface area (Å²) in [6, 6.07) is 11.7. The van der Waals surface area contributed by atoms with E-state index in [2.05, 4.69) is 5.32 Å². The molecule has 1 amide bonds. The zero-order valence-corrected chi connectivity index (χ0v) is 18.4. The van der Waals surface area contributed by atoms with E-state index >= 15 is 0 Å². The molecular formula is C24H22FN3O3S. The van der Waals surface area contributed by atoms with Crippen molar-refractivity contribution in [3.63, 3.8) is 0 Å². The van der Waals surface area contributed by atoms with Crippen molar-refractivity contribution in [1.29, 1.82) is 0 Å². The Morgan fingerprint density at radius 1 is 1.25 bits per heavy atom. The van der Waals surface area contributed by atoms with Crippen molar-refractivity contribution in [3.05, 3.63) is 64.2 Å². The molecule has 1 aliphatic rings. The predicted octanol–water partition coefficient (Wildman–Crippen LogP) is 5.44. The molecule has 2 aromatic carbocycles. The predicted molar refractivity (Wildman–Crippen MR) is 124 cm³/mol. The summed E-state index contributed by atoms with van der Waals surface area (Å²) in [4.78, 5) is 30.8. The minimum atomic E-state index is -0.347. The van der Waals surface area contributed by atoms with E-state index in [9.17, 15) is 14.0 Å². The number of amides is 1. The molecule has 0 saturated heterocycles. The van der Waals surface area contributed by atoms with Crippen LogP contribution in [0.5, 0.6) is 0 Å². The highest BCUT2D eigenvalue weighted by Crippen LogP contribution is 2.34. The second-order valence-corrected chi connectivity index (χ2v) is 9.02. The second-order valence-electron chi connectivity index (χ2n) is 8.08. The first kappa shape index (κ1) is 20.8. The smallest absolute Gasteiger partial charge is 0.298 e. The van der Waals surface area contributed by atoms with Gasteiger partial charge in [-0.1, -0.05) is 36.7 Å². The minimum absolute atomic E-state index is 0.0533. The number of halogens is 1. The third-order valence-corrected chi connectivity index (χ3v) is 6.83. The first-order chi connectivity index (χ1) is 15.5. The fourth-order valence-electron chi connectivity index (χ4n) is 4.30. The van der Waals surface area contributed by atoms with Crippen molar-refractivity contribution >= 4 is 45.4 Å². The van der Waals surface area contributed by atoms with Crippen molar-refractivity contribution in [2.45, 2.75) is 43.8 Å². The third kappa shape index (κ3) is 3.79. The van der Waals surface area contributed by atoms with Crippen LogP contribution in [0.3, 0.4) is 0 Å². The number of hydrogen-bond acceptors (Lipinski definition) is 5. The maximum absolute atomic E-state index is 13.4. The molecule has 0 bridgehead atoms. The quantitative estimate of drug-likeness (QED) is 0.323. The number of aryl methyl sites for hydroxylation is 1. The van der Waals surface area contributed by atoms with Crippen LogP contribution < -0.4 is 10.9 Å². The van der Waals surface area contributed by atoms with Crippen LogP contribution in [-0.4, -0.2) is 21.2 Å². The lowest BCUT2D eigenvalue weighted by Crippen LogP contribution is -2.26. The zero-order valence-electron chi connectivity index (χ0n) is 17.6. The van der Waals surface area contributed by atoms with Crippen LogP contribution in [0, 0.1) is 12.7 Å². The lowest BCUT2D eigenvalue weighted by molar-refractivity contribution is -0.113. The summed E-state index contributed by atoms with van der Waals surface area (Å²) in [6.45, 7) is 1.74. The number of aromatic nitrogens is 2. The van der Waals surface area contributed by atoms with Gasteiger partial charge in [0.15, 0.2) is 5.16 Å². The molecule has 1 N–H and O–H groups in total. The number of nitrogens with zero attached hydrogens (tertiary/aromatic N) is 2. The molecule has 2 heterocycles. The Kier molecular flexibility index (Phi) is 5.46. The number of para-hydroxylation sites is 1. The van der Waals surface area contributed by atoms with Gasteiger partial charge in [0.1, 0.15) is 16.9 Å². The number of thioether (sulfide) groups is 1. The van der Waals surface area contributed by atoms with Gasteiger partial charge in [-0.05, 0) is 55.7 Å². The number of hydrogen-bond donors (Lipinski definition) is 1. The number of nitrogens with one attached hydrogen (secondary N) is 1. The molecule has 0 atom stereocenters. The van der Waals surface area contributed by atoms with E-state index < -0.39 is 0 Å². The van der Waals surface area contributed by atoms with Gasteiger partial charge in [-0.15, -0.1) is 0 Å². The van der Waals surface area contributed by atoms with E-state index in [1.165, 1.54) is 23.9 Å². The van der Waals surface area contributed by atoms with Crippen molar-refractivity contribution in [1.82, 2.24) is 9.55 Å². The van der Waals surface area contributed by atoms with Gasteiger partial charge in [0.2, 0.25) is 11.5 Å². The van der Waals surface area contributed by atoms with E-state index in [0.29, 0.717) is 27.5 Å². The van der Waals surface area contributed by atoms with E-state index in [1.807, 2.05) is 24.3 Å². The molecule has 1 aliphatic carbocycles. The minimum Gasteiger partial charge on any atom is -0.448 e. The van der Waals surface area contributed by atoms with Gasteiger partial charge in [-0.2, -0.15) is 0 Å².